The molecule has 10 heteroatoms. The molecule has 1 aromatic carbocycles. The van der Waals surface area contributed by atoms with Gasteiger partial charge in [0.05, 0.1) is 0 Å². The van der Waals surface area contributed by atoms with Gasteiger partial charge in [-0.2, -0.15) is 13.2 Å². The van der Waals surface area contributed by atoms with E-state index in [1.807, 2.05) is 0 Å². The minimum absolute atomic E-state index is 0.0364. The summed E-state index contributed by atoms with van der Waals surface area (Å²) < 4.78 is 44.0. The molecule has 0 fully saturated rings. The average molecular weight is 370 g/mol. The number of benzene rings is 1. The van der Waals surface area contributed by atoms with E-state index in [2.05, 4.69) is 15.3 Å². The predicted octanol–water partition coefficient (Wildman–Crippen LogP) is 1.33. The summed E-state index contributed by atoms with van der Waals surface area (Å²) >= 11 is 0. The lowest BCUT2D eigenvalue weighted by atomic mass is 10.1. The van der Waals surface area contributed by atoms with Crippen LogP contribution in [0.5, 0.6) is 0 Å². The van der Waals surface area contributed by atoms with Crippen molar-refractivity contribution in [2.75, 3.05) is 18.9 Å². The molecule has 1 amide bonds. The number of nitrogen functional groups attached to an aromatic ring is 1. The topological polar surface area (TPSA) is 110 Å². The zero-order valence-corrected chi connectivity index (χ0v) is 13.5. The number of carbonyl (C=O) groups is 1. The Morgan fingerprint density at radius 2 is 2.00 bits per heavy atom. The molecule has 2 aromatic rings. The molecule has 1 heterocycles. The van der Waals surface area contributed by atoms with Crippen molar-refractivity contribution in [2.45, 2.75) is 18.7 Å². The summed E-state index contributed by atoms with van der Waals surface area (Å²) in [6.45, 7) is -0.712. The van der Waals surface area contributed by atoms with Gasteiger partial charge in [0.25, 0.3) is 5.56 Å². The van der Waals surface area contributed by atoms with Crippen molar-refractivity contribution in [3.63, 3.8) is 0 Å². The molecule has 2 rings (SSSR count). The van der Waals surface area contributed by atoms with Crippen molar-refractivity contribution in [2.24, 2.45) is 0 Å². The van der Waals surface area contributed by atoms with Gasteiger partial charge in [-0.15, -0.1) is 0 Å². The SMILES string of the molecule is Nc1cc(=O)[nH]c(CCNC(=O)CO[C@@H](c2ccccc2)C(F)(F)F)n1. The standard InChI is InChI=1S/C16H17F3N4O3/c17-16(18,19)15(10-4-2-1-3-5-10)26-9-14(25)21-7-6-12-22-11(20)8-13(24)23-12/h1-5,8,15H,6-7,9H2,(H,21,25)(H3,20,22,23,24)/t15-/m0/s1. The Bertz CT molecular complexity index is 793. The zero-order valence-electron chi connectivity index (χ0n) is 13.5. The molecule has 4 N–H and O–H groups in total. The molecule has 0 saturated carbocycles. The lowest BCUT2D eigenvalue weighted by Crippen LogP contribution is -2.33. The predicted molar refractivity (Wildman–Crippen MR) is 87.2 cm³/mol. The molecule has 0 bridgehead atoms. The van der Waals surface area contributed by atoms with Gasteiger partial charge in [0, 0.05) is 19.0 Å². The molecule has 0 radical (unpaired) electrons. The first-order valence-corrected chi connectivity index (χ1v) is 7.61. The largest absolute Gasteiger partial charge is 0.418 e. The van der Waals surface area contributed by atoms with Crippen molar-refractivity contribution in [3.05, 3.63) is 58.1 Å². The fraction of sp³-hybridized carbons (Fsp3) is 0.312. The highest BCUT2D eigenvalue weighted by molar-refractivity contribution is 5.77. The third kappa shape index (κ3) is 5.88. The van der Waals surface area contributed by atoms with Crippen molar-refractivity contribution in [3.8, 4) is 0 Å². The van der Waals surface area contributed by atoms with Gasteiger partial charge in [0.2, 0.25) is 5.91 Å². The van der Waals surface area contributed by atoms with Gasteiger partial charge >= 0.3 is 6.18 Å². The number of hydrogen-bond acceptors (Lipinski definition) is 5. The van der Waals surface area contributed by atoms with E-state index in [9.17, 15) is 22.8 Å². The first-order chi connectivity index (χ1) is 12.3. The number of nitrogens with two attached hydrogens (primary N) is 1. The molecule has 7 nitrogen and oxygen atoms in total. The van der Waals surface area contributed by atoms with Crippen LogP contribution in [0.15, 0.2) is 41.2 Å². The van der Waals surface area contributed by atoms with Crippen LogP contribution in [-0.4, -0.2) is 35.2 Å². The molecule has 1 atom stereocenters. The number of H-pyrrole nitrogens is 1. The Hall–Kier alpha value is -2.88. The van der Waals surface area contributed by atoms with Crippen molar-refractivity contribution in [1.82, 2.24) is 15.3 Å². The quantitative estimate of drug-likeness (QED) is 0.681. The second-order valence-corrected chi connectivity index (χ2v) is 5.36. The molecule has 0 aliphatic carbocycles. The Balaban J connectivity index is 1.85. The summed E-state index contributed by atoms with van der Waals surface area (Å²) in [7, 11) is 0. The van der Waals surface area contributed by atoms with Gasteiger partial charge in [-0.3, -0.25) is 9.59 Å². The third-order valence-corrected chi connectivity index (χ3v) is 3.28. The Labute approximate surface area is 146 Å². The van der Waals surface area contributed by atoms with Crippen LogP contribution in [-0.2, 0) is 16.0 Å². The zero-order chi connectivity index (χ0) is 19.2. The first-order valence-electron chi connectivity index (χ1n) is 7.61. The van der Waals surface area contributed by atoms with Crippen LogP contribution in [0, 0.1) is 0 Å². The molecule has 1 aromatic heterocycles. The average Bonchev–Trinajstić information content (AvgIpc) is 2.54. The van der Waals surface area contributed by atoms with Crippen LogP contribution in [0.25, 0.3) is 0 Å². The highest BCUT2D eigenvalue weighted by Crippen LogP contribution is 2.35. The Morgan fingerprint density at radius 3 is 2.62 bits per heavy atom. The number of rotatable bonds is 7. The summed E-state index contributed by atoms with van der Waals surface area (Å²) in [6.07, 6.45) is -6.68. The Kier molecular flexibility index (Phi) is 6.34. The van der Waals surface area contributed by atoms with Crippen LogP contribution in [0.4, 0.5) is 19.0 Å². The van der Waals surface area contributed by atoms with Crippen LogP contribution >= 0.6 is 0 Å². The molecule has 0 unspecified atom stereocenters. The molecule has 0 aliphatic heterocycles. The smallest absolute Gasteiger partial charge is 0.383 e. The van der Waals surface area contributed by atoms with Crippen LogP contribution in [0.1, 0.15) is 17.5 Å². The lowest BCUT2D eigenvalue weighted by molar-refractivity contribution is -0.223. The van der Waals surface area contributed by atoms with Crippen molar-refractivity contribution >= 4 is 11.7 Å². The maximum atomic E-state index is 13.1. The Morgan fingerprint density at radius 1 is 1.31 bits per heavy atom. The number of anilines is 1. The molecule has 0 saturated heterocycles. The first kappa shape index (κ1) is 19.4. The summed E-state index contributed by atoms with van der Waals surface area (Å²) in [5.41, 5.74) is 4.90. The number of alkyl halides is 3. The van der Waals surface area contributed by atoms with E-state index in [1.165, 1.54) is 24.3 Å². The van der Waals surface area contributed by atoms with E-state index in [0.717, 1.165) is 6.07 Å². The summed E-state index contributed by atoms with van der Waals surface area (Å²) in [6, 6.07) is 8.15. The number of halogens is 3. The van der Waals surface area contributed by atoms with Crippen LogP contribution in [0.3, 0.4) is 0 Å². The van der Waals surface area contributed by atoms with E-state index >= 15 is 0 Å². The lowest BCUT2D eigenvalue weighted by Gasteiger charge is -2.21. The number of ether oxygens (including phenoxy) is 1. The van der Waals surface area contributed by atoms with Gasteiger partial charge in [-0.1, -0.05) is 30.3 Å². The number of hydrogen-bond donors (Lipinski definition) is 3. The molecular weight excluding hydrogens is 353 g/mol. The van der Waals surface area contributed by atoms with Crippen LogP contribution in [0.2, 0.25) is 0 Å². The van der Waals surface area contributed by atoms with E-state index < -0.39 is 30.4 Å². The third-order valence-electron chi connectivity index (χ3n) is 3.28. The van der Waals surface area contributed by atoms with Crippen molar-refractivity contribution in [1.29, 1.82) is 0 Å². The maximum absolute atomic E-state index is 13.1. The molecule has 26 heavy (non-hydrogen) atoms. The molecule has 140 valence electrons. The van der Waals surface area contributed by atoms with Gasteiger partial charge in [0.1, 0.15) is 18.2 Å². The van der Waals surface area contributed by atoms with Crippen LogP contribution < -0.4 is 16.6 Å². The van der Waals surface area contributed by atoms with Gasteiger partial charge in [0.15, 0.2) is 6.10 Å². The highest BCUT2D eigenvalue weighted by Gasteiger charge is 2.42. The summed E-state index contributed by atoms with van der Waals surface area (Å²) in [4.78, 5) is 29.2. The highest BCUT2D eigenvalue weighted by atomic mass is 19.4. The minimum atomic E-state index is -4.65. The fourth-order valence-corrected chi connectivity index (χ4v) is 2.18. The molecule has 0 aliphatic rings. The van der Waals surface area contributed by atoms with E-state index in [-0.39, 0.29) is 30.2 Å². The van der Waals surface area contributed by atoms with E-state index in [1.54, 1.807) is 6.07 Å². The van der Waals surface area contributed by atoms with E-state index in [0.29, 0.717) is 0 Å². The normalized spacial score (nSPS) is 12.6. The van der Waals surface area contributed by atoms with Crippen molar-refractivity contribution < 1.29 is 22.7 Å². The fourth-order valence-electron chi connectivity index (χ4n) is 2.18. The second kappa shape index (κ2) is 8.48. The minimum Gasteiger partial charge on any atom is -0.383 e. The summed E-state index contributed by atoms with van der Waals surface area (Å²) in [5, 5.41) is 2.39. The van der Waals surface area contributed by atoms with Gasteiger partial charge in [-0.25, -0.2) is 4.98 Å². The number of amides is 1. The number of aromatic nitrogens is 2. The molecular formula is C16H17F3N4O3. The molecule has 0 spiro atoms. The monoisotopic (exact) mass is 370 g/mol. The number of carbonyl (C=O) groups excluding carboxylic acids is 1. The van der Waals surface area contributed by atoms with Gasteiger partial charge < -0.3 is 20.8 Å². The number of nitrogens with zero attached hydrogens (tertiary/aromatic N) is 1. The van der Waals surface area contributed by atoms with E-state index in [4.69, 9.17) is 10.5 Å². The van der Waals surface area contributed by atoms with Gasteiger partial charge in [-0.05, 0) is 5.56 Å². The number of aromatic amines is 1. The second-order valence-electron chi connectivity index (χ2n) is 5.36. The number of nitrogens with one attached hydrogen (secondary N) is 2. The summed E-state index contributed by atoms with van der Waals surface area (Å²) in [5.74, 6) is -0.426. The maximum Gasteiger partial charge on any atom is 0.418 e.